The maximum Gasteiger partial charge on any atom is 0.291 e. The molecule has 4 rings (SSSR count). The molecule has 0 spiro atoms. The van der Waals surface area contributed by atoms with E-state index >= 15 is 0 Å². The van der Waals surface area contributed by atoms with Crippen molar-refractivity contribution in [3.8, 4) is 0 Å². The van der Waals surface area contributed by atoms with Gasteiger partial charge in [-0.1, -0.05) is 12.1 Å². The molecule has 1 aliphatic heterocycles. The molecule has 0 N–H and O–H groups in total. The molecule has 3 aromatic rings. The number of fused-ring (bicyclic) bond motifs is 1. The van der Waals surface area contributed by atoms with E-state index in [0.717, 1.165) is 17.3 Å². The maximum absolute atomic E-state index is 12.7. The van der Waals surface area contributed by atoms with Crippen molar-refractivity contribution in [3.05, 3.63) is 66.4 Å². The number of rotatable bonds is 3. The van der Waals surface area contributed by atoms with Crippen molar-refractivity contribution in [1.82, 2.24) is 19.9 Å². The van der Waals surface area contributed by atoms with Crippen LogP contribution < -0.4 is 0 Å². The Labute approximate surface area is 151 Å². The Morgan fingerprint density at radius 3 is 2.85 bits per heavy atom. The summed E-state index contributed by atoms with van der Waals surface area (Å²) in [5.41, 5.74) is 2.22. The smallest absolute Gasteiger partial charge is 0.291 e. The highest BCUT2D eigenvalue weighted by Crippen LogP contribution is 2.19. The van der Waals surface area contributed by atoms with E-state index in [1.165, 1.54) is 5.56 Å². The van der Waals surface area contributed by atoms with Crippen molar-refractivity contribution >= 4 is 16.8 Å². The largest absolute Gasteiger partial charge is 0.379 e. The van der Waals surface area contributed by atoms with Crippen LogP contribution in [0.15, 0.2) is 55.0 Å². The minimum Gasteiger partial charge on any atom is -0.379 e. The molecule has 2 aromatic heterocycles. The van der Waals surface area contributed by atoms with Crippen molar-refractivity contribution in [2.75, 3.05) is 26.3 Å². The van der Waals surface area contributed by atoms with E-state index in [0.29, 0.717) is 26.3 Å². The number of nitrogens with zero attached hydrogens (tertiary/aromatic N) is 4. The molecule has 1 fully saturated rings. The third-order valence-corrected chi connectivity index (χ3v) is 4.57. The van der Waals surface area contributed by atoms with Gasteiger partial charge in [-0.2, -0.15) is 0 Å². The number of carbonyl (C=O) groups excluding carboxylic acids is 1. The Kier molecular flexibility index (Phi) is 4.84. The first kappa shape index (κ1) is 16.6. The van der Waals surface area contributed by atoms with Gasteiger partial charge in [-0.15, -0.1) is 0 Å². The lowest BCUT2D eigenvalue weighted by Gasteiger charge is -2.23. The lowest BCUT2D eigenvalue weighted by Crippen LogP contribution is -2.37. The maximum atomic E-state index is 12.7. The quantitative estimate of drug-likeness (QED) is 0.727. The minimum atomic E-state index is -0.135. The Hall–Kier alpha value is -2.86. The molecule has 1 atom stereocenters. The molecule has 1 aliphatic rings. The highest BCUT2D eigenvalue weighted by Gasteiger charge is 2.25. The molecule has 1 aromatic carbocycles. The molecule has 0 unspecified atom stereocenters. The molecule has 6 heteroatoms. The molecular weight excluding hydrogens is 328 g/mol. The zero-order valence-corrected chi connectivity index (χ0v) is 14.4. The molecule has 26 heavy (non-hydrogen) atoms. The molecule has 1 amide bonds. The lowest BCUT2D eigenvalue weighted by molar-refractivity contribution is 0.0725. The summed E-state index contributed by atoms with van der Waals surface area (Å²) in [6.07, 6.45) is 5.84. The zero-order valence-electron chi connectivity index (χ0n) is 14.4. The van der Waals surface area contributed by atoms with E-state index in [9.17, 15) is 4.79 Å². The fourth-order valence-electron chi connectivity index (χ4n) is 3.32. The van der Waals surface area contributed by atoms with Crippen LogP contribution in [0.2, 0.25) is 0 Å². The number of hydrogen-bond donors (Lipinski definition) is 0. The summed E-state index contributed by atoms with van der Waals surface area (Å²) in [4.78, 5) is 27.0. The van der Waals surface area contributed by atoms with Crippen LogP contribution in [0.1, 0.15) is 16.2 Å². The summed E-state index contributed by atoms with van der Waals surface area (Å²) in [5, 5.41) is 1.13. The third-order valence-electron chi connectivity index (χ3n) is 4.57. The second-order valence-electron chi connectivity index (χ2n) is 6.50. The Morgan fingerprint density at radius 2 is 1.96 bits per heavy atom. The number of ether oxygens (including phenoxy) is 1. The number of carbonyl (C=O) groups is 1. The molecule has 3 heterocycles. The summed E-state index contributed by atoms with van der Waals surface area (Å²) < 4.78 is 5.74. The number of aromatic nitrogens is 3. The van der Waals surface area contributed by atoms with Crippen molar-refractivity contribution in [2.24, 2.45) is 5.92 Å². The van der Waals surface area contributed by atoms with Gasteiger partial charge in [0.05, 0.1) is 18.7 Å². The SMILES string of the molecule is O=C(c1ncccn1)N1CCOC[C@@H](Cc2ccc3ncccc3c2)C1. The zero-order chi connectivity index (χ0) is 17.8. The van der Waals surface area contributed by atoms with Gasteiger partial charge in [0.2, 0.25) is 5.82 Å². The van der Waals surface area contributed by atoms with Gasteiger partial charge in [0.25, 0.3) is 5.91 Å². The van der Waals surface area contributed by atoms with Gasteiger partial charge in [0.15, 0.2) is 0 Å². The average Bonchev–Trinajstić information content (AvgIpc) is 2.93. The van der Waals surface area contributed by atoms with E-state index in [2.05, 4.69) is 33.2 Å². The van der Waals surface area contributed by atoms with Gasteiger partial charge >= 0.3 is 0 Å². The monoisotopic (exact) mass is 348 g/mol. The standard InChI is InChI=1S/C20H20N4O2/c25-20(19-22-7-2-8-23-19)24-9-10-26-14-16(13-24)11-15-4-5-18-17(12-15)3-1-6-21-18/h1-8,12,16H,9-11,13-14H2/t16-/m0/s1. The van der Waals surface area contributed by atoms with E-state index in [1.54, 1.807) is 29.6 Å². The molecule has 0 radical (unpaired) electrons. The van der Waals surface area contributed by atoms with E-state index in [4.69, 9.17) is 4.74 Å². The summed E-state index contributed by atoms with van der Waals surface area (Å²) >= 11 is 0. The summed E-state index contributed by atoms with van der Waals surface area (Å²) in [7, 11) is 0. The van der Waals surface area contributed by atoms with Gasteiger partial charge < -0.3 is 9.64 Å². The molecule has 132 valence electrons. The highest BCUT2D eigenvalue weighted by atomic mass is 16.5. The van der Waals surface area contributed by atoms with Crippen molar-refractivity contribution in [2.45, 2.75) is 6.42 Å². The third kappa shape index (κ3) is 3.70. The van der Waals surface area contributed by atoms with Crippen LogP contribution in [-0.4, -0.2) is 52.1 Å². The van der Waals surface area contributed by atoms with Crippen LogP contribution in [0.5, 0.6) is 0 Å². The average molecular weight is 348 g/mol. The molecule has 0 aliphatic carbocycles. The van der Waals surface area contributed by atoms with Gasteiger partial charge in [0.1, 0.15) is 0 Å². The van der Waals surface area contributed by atoms with E-state index in [-0.39, 0.29) is 17.6 Å². The summed E-state index contributed by atoms with van der Waals surface area (Å²) in [5.74, 6) is 0.341. The van der Waals surface area contributed by atoms with Gasteiger partial charge in [0, 0.05) is 43.0 Å². The number of hydrogen-bond acceptors (Lipinski definition) is 5. The number of benzene rings is 1. The Morgan fingerprint density at radius 1 is 1.12 bits per heavy atom. The van der Waals surface area contributed by atoms with E-state index < -0.39 is 0 Å². The normalized spacial score (nSPS) is 17.8. The molecular formula is C20H20N4O2. The predicted molar refractivity (Wildman–Crippen MR) is 97.7 cm³/mol. The van der Waals surface area contributed by atoms with Crippen molar-refractivity contribution in [3.63, 3.8) is 0 Å². The fourth-order valence-corrected chi connectivity index (χ4v) is 3.32. The van der Waals surface area contributed by atoms with Gasteiger partial charge in [-0.25, -0.2) is 9.97 Å². The van der Waals surface area contributed by atoms with Crippen LogP contribution in [0.4, 0.5) is 0 Å². The molecule has 0 bridgehead atoms. The predicted octanol–water partition coefficient (Wildman–Crippen LogP) is 2.36. The number of pyridine rings is 1. The second kappa shape index (κ2) is 7.58. The first-order chi connectivity index (χ1) is 12.8. The summed E-state index contributed by atoms with van der Waals surface area (Å²) in [6.45, 7) is 2.39. The first-order valence-electron chi connectivity index (χ1n) is 8.77. The van der Waals surface area contributed by atoms with Crippen molar-refractivity contribution < 1.29 is 9.53 Å². The summed E-state index contributed by atoms with van der Waals surface area (Å²) in [6, 6.07) is 12.0. The Bertz CT molecular complexity index is 900. The molecule has 0 saturated carbocycles. The van der Waals surface area contributed by atoms with Crippen molar-refractivity contribution in [1.29, 1.82) is 0 Å². The molecule has 1 saturated heterocycles. The highest BCUT2D eigenvalue weighted by molar-refractivity contribution is 5.90. The lowest BCUT2D eigenvalue weighted by atomic mass is 9.98. The van der Waals surface area contributed by atoms with Crippen LogP contribution in [0, 0.1) is 5.92 Å². The van der Waals surface area contributed by atoms with E-state index in [1.807, 2.05) is 12.1 Å². The Balaban J connectivity index is 1.49. The van der Waals surface area contributed by atoms with Crippen LogP contribution in [0.25, 0.3) is 10.9 Å². The van der Waals surface area contributed by atoms with Crippen LogP contribution in [-0.2, 0) is 11.2 Å². The first-order valence-corrected chi connectivity index (χ1v) is 8.77. The molecule has 6 nitrogen and oxygen atoms in total. The fraction of sp³-hybridized carbons (Fsp3) is 0.300. The van der Waals surface area contributed by atoms with Gasteiger partial charge in [-0.05, 0) is 36.2 Å². The minimum absolute atomic E-state index is 0.135. The second-order valence-corrected chi connectivity index (χ2v) is 6.50. The topological polar surface area (TPSA) is 68.2 Å². The van der Waals surface area contributed by atoms with Crippen LogP contribution >= 0.6 is 0 Å². The number of amides is 1. The van der Waals surface area contributed by atoms with Gasteiger partial charge in [-0.3, -0.25) is 9.78 Å². The van der Waals surface area contributed by atoms with Crippen LogP contribution in [0.3, 0.4) is 0 Å².